The summed E-state index contributed by atoms with van der Waals surface area (Å²) in [5.74, 6) is -1.82. The zero-order valence-corrected chi connectivity index (χ0v) is 14.6. The number of carbonyl (C=O) groups is 1. The van der Waals surface area contributed by atoms with Crippen LogP contribution in [0.25, 0.3) is 11.0 Å². The Balaban J connectivity index is 1.81. The molecule has 6 nitrogen and oxygen atoms in total. The number of aromatic carboxylic acids is 1. The first-order valence-electron chi connectivity index (χ1n) is 7.79. The largest absolute Gasteiger partial charge is 0.475 e. The highest BCUT2D eigenvalue weighted by molar-refractivity contribution is 7.89. The molecule has 3 rings (SSSR count). The van der Waals surface area contributed by atoms with Crippen molar-refractivity contribution < 1.29 is 27.1 Å². The standard InChI is InChI=1S/C18H16FNO5S/c1-11-14-10-13(6-7-16(14)25-17(11)18(21)22)26(23,24)20-9-8-12-4-2-3-5-15(12)19/h2-7,10,20H,8-9H2,1H3,(H,21,22). The Hall–Kier alpha value is -2.71. The Bertz CT molecular complexity index is 1090. The fraction of sp³-hybridized carbons (Fsp3) is 0.167. The van der Waals surface area contributed by atoms with Gasteiger partial charge in [0.2, 0.25) is 15.8 Å². The number of carboxylic acid groups (broad SMARTS) is 1. The predicted molar refractivity (Wildman–Crippen MR) is 93.2 cm³/mol. The first-order valence-corrected chi connectivity index (χ1v) is 9.27. The lowest BCUT2D eigenvalue weighted by molar-refractivity contribution is 0.0664. The molecule has 0 unspecified atom stereocenters. The summed E-state index contributed by atoms with van der Waals surface area (Å²) in [4.78, 5) is 11.1. The molecule has 1 heterocycles. The van der Waals surface area contributed by atoms with E-state index < -0.39 is 16.0 Å². The van der Waals surface area contributed by atoms with Crippen molar-refractivity contribution >= 4 is 27.0 Å². The molecule has 0 amide bonds. The molecule has 2 aromatic carbocycles. The van der Waals surface area contributed by atoms with Gasteiger partial charge in [0.1, 0.15) is 11.4 Å². The van der Waals surface area contributed by atoms with Crippen LogP contribution in [-0.2, 0) is 16.4 Å². The summed E-state index contributed by atoms with van der Waals surface area (Å²) >= 11 is 0. The Morgan fingerprint density at radius 1 is 1.23 bits per heavy atom. The van der Waals surface area contributed by atoms with E-state index in [0.717, 1.165) is 0 Å². The molecule has 26 heavy (non-hydrogen) atoms. The van der Waals surface area contributed by atoms with Crippen molar-refractivity contribution in [3.63, 3.8) is 0 Å². The van der Waals surface area contributed by atoms with E-state index in [1.807, 2.05) is 0 Å². The molecule has 0 aliphatic heterocycles. The van der Waals surface area contributed by atoms with Crippen LogP contribution in [0.3, 0.4) is 0 Å². The lowest BCUT2D eigenvalue weighted by Gasteiger charge is -2.07. The number of fused-ring (bicyclic) bond motifs is 1. The van der Waals surface area contributed by atoms with Gasteiger partial charge in [-0.2, -0.15) is 0 Å². The number of hydrogen-bond acceptors (Lipinski definition) is 4. The zero-order chi connectivity index (χ0) is 18.9. The lowest BCUT2D eigenvalue weighted by Crippen LogP contribution is -2.26. The SMILES string of the molecule is Cc1c(C(=O)O)oc2ccc(S(=O)(=O)NCCc3ccccc3F)cc12. The highest BCUT2D eigenvalue weighted by atomic mass is 32.2. The van der Waals surface area contributed by atoms with E-state index in [4.69, 9.17) is 9.52 Å². The van der Waals surface area contributed by atoms with Crippen LogP contribution in [0.15, 0.2) is 51.8 Å². The molecule has 0 radical (unpaired) electrons. The Labute approximate surface area is 149 Å². The van der Waals surface area contributed by atoms with E-state index in [1.54, 1.807) is 25.1 Å². The second-order valence-corrected chi connectivity index (χ2v) is 7.53. The fourth-order valence-corrected chi connectivity index (χ4v) is 3.73. The topological polar surface area (TPSA) is 96.6 Å². The first-order chi connectivity index (χ1) is 12.3. The van der Waals surface area contributed by atoms with Crippen molar-refractivity contribution in [3.05, 3.63) is 65.2 Å². The highest BCUT2D eigenvalue weighted by Gasteiger charge is 2.20. The molecule has 0 spiro atoms. The number of benzene rings is 2. The third-order valence-corrected chi connectivity index (χ3v) is 5.52. The molecule has 0 saturated heterocycles. The summed E-state index contributed by atoms with van der Waals surface area (Å²) in [7, 11) is -3.82. The first kappa shape index (κ1) is 18.1. The molecule has 136 valence electrons. The minimum Gasteiger partial charge on any atom is -0.475 e. The molecule has 2 N–H and O–H groups in total. The molecule has 8 heteroatoms. The van der Waals surface area contributed by atoms with Crippen molar-refractivity contribution in [1.29, 1.82) is 0 Å². The van der Waals surface area contributed by atoms with E-state index >= 15 is 0 Å². The number of halogens is 1. The van der Waals surface area contributed by atoms with E-state index in [1.165, 1.54) is 24.3 Å². The third kappa shape index (κ3) is 3.47. The van der Waals surface area contributed by atoms with Gasteiger partial charge < -0.3 is 9.52 Å². The van der Waals surface area contributed by atoms with Crippen molar-refractivity contribution in [3.8, 4) is 0 Å². The molecular formula is C18H16FNO5S. The molecule has 0 aliphatic carbocycles. The third-order valence-electron chi connectivity index (χ3n) is 4.06. The highest BCUT2D eigenvalue weighted by Crippen LogP contribution is 2.27. The van der Waals surface area contributed by atoms with E-state index in [2.05, 4.69) is 4.72 Å². The molecule has 0 atom stereocenters. The van der Waals surface area contributed by atoms with Crippen molar-refractivity contribution in [2.24, 2.45) is 0 Å². The van der Waals surface area contributed by atoms with Crippen molar-refractivity contribution in [1.82, 2.24) is 4.72 Å². The average molecular weight is 377 g/mol. The Morgan fingerprint density at radius 3 is 2.65 bits per heavy atom. The zero-order valence-electron chi connectivity index (χ0n) is 13.8. The fourth-order valence-electron chi connectivity index (χ4n) is 2.68. The van der Waals surface area contributed by atoms with Gasteiger partial charge in [-0.3, -0.25) is 0 Å². The number of carboxylic acids is 1. The van der Waals surface area contributed by atoms with Gasteiger partial charge in [0.05, 0.1) is 4.90 Å². The number of furan rings is 1. The Kier molecular flexibility index (Phi) is 4.80. The van der Waals surface area contributed by atoms with Crippen LogP contribution < -0.4 is 4.72 Å². The molecule has 3 aromatic rings. The van der Waals surface area contributed by atoms with Gasteiger partial charge in [-0.05, 0) is 43.2 Å². The van der Waals surface area contributed by atoms with Gasteiger partial charge in [-0.15, -0.1) is 0 Å². The minimum absolute atomic E-state index is 0.0145. The summed E-state index contributed by atoms with van der Waals surface area (Å²) < 4.78 is 46.1. The molecule has 1 aromatic heterocycles. The van der Waals surface area contributed by atoms with Crippen LogP contribution in [0.2, 0.25) is 0 Å². The van der Waals surface area contributed by atoms with Crippen molar-refractivity contribution in [2.75, 3.05) is 6.54 Å². The van der Waals surface area contributed by atoms with Gasteiger partial charge in [0, 0.05) is 17.5 Å². The van der Waals surface area contributed by atoms with E-state index in [9.17, 15) is 17.6 Å². The summed E-state index contributed by atoms with van der Waals surface area (Å²) in [5.41, 5.74) is 1.07. The van der Waals surface area contributed by atoms with E-state index in [0.29, 0.717) is 22.1 Å². The van der Waals surface area contributed by atoms with Crippen LogP contribution >= 0.6 is 0 Å². The van der Waals surface area contributed by atoms with E-state index in [-0.39, 0.29) is 29.4 Å². The number of sulfonamides is 1. The van der Waals surface area contributed by atoms with Gasteiger partial charge in [-0.25, -0.2) is 22.3 Å². The summed E-state index contributed by atoms with van der Waals surface area (Å²) in [5, 5.41) is 9.50. The number of aryl methyl sites for hydroxylation is 1. The van der Waals surface area contributed by atoms with Crippen LogP contribution in [0.1, 0.15) is 21.7 Å². The van der Waals surface area contributed by atoms with Gasteiger partial charge in [-0.1, -0.05) is 18.2 Å². The number of hydrogen-bond donors (Lipinski definition) is 2. The summed E-state index contributed by atoms with van der Waals surface area (Å²) in [6.45, 7) is 1.59. The van der Waals surface area contributed by atoms with Gasteiger partial charge in [0.25, 0.3) is 0 Å². The lowest BCUT2D eigenvalue weighted by atomic mass is 10.1. The summed E-state index contributed by atoms with van der Waals surface area (Å²) in [6, 6.07) is 10.3. The molecule has 0 saturated carbocycles. The second kappa shape index (κ2) is 6.89. The van der Waals surface area contributed by atoms with Crippen LogP contribution in [0, 0.1) is 12.7 Å². The minimum atomic E-state index is -3.82. The van der Waals surface area contributed by atoms with Crippen LogP contribution in [-0.4, -0.2) is 26.0 Å². The normalized spacial score (nSPS) is 11.8. The second-order valence-electron chi connectivity index (χ2n) is 5.76. The van der Waals surface area contributed by atoms with Gasteiger partial charge in [0.15, 0.2) is 0 Å². The van der Waals surface area contributed by atoms with Crippen LogP contribution in [0.4, 0.5) is 4.39 Å². The average Bonchev–Trinajstić information content (AvgIpc) is 2.93. The predicted octanol–water partition coefficient (Wildman–Crippen LogP) is 3.10. The smallest absolute Gasteiger partial charge is 0.372 e. The molecular weight excluding hydrogens is 361 g/mol. The summed E-state index contributed by atoms with van der Waals surface area (Å²) in [6.07, 6.45) is 0.210. The van der Waals surface area contributed by atoms with Crippen molar-refractivity contribution in [2.45, 2.75) is 18.2 Å². The maximum atomic E-state index is 13.6. The number of rotatable bonds is 6. The molecule has 0 aliphatic rings. The Morgan fingerprint density at radius 2 is 1.96 bits per heavy atom. The molecule has 0 fully saturated rings. The van der Waals surface area contributed by atoms with Crippen LogP contribution in [0.5, 0.6) is 0 Å². The maximum absolute atomic E-state index is 13.6. The quantitative estimate of drug-likeness (QED) is 0.688. The molecule has 0 bridgehead atoms. The monoisotopic (exact) mass is 377 g/mol. The maximum Gasteiger partial charge on any atom is 0.372 e. The van der Waals surface area contributed by atoms with Gasteiger partial charge >= 0.3 is 5.97 Å². The number of nitrogens with one attached hydrogen (secondary N) is 1.